The molecule has 9 nitrogen and oxygen atoms in total. The van der Waals surface area contributed by atoms with Crippen LogP contribution in [0.5, 0.6) is 11.9 Å². The lowest BCUT2D eigenvalue weighted by molar-refractivity contribution is 0.0647. The minimum Gasteiger partial charge on any atom is -0.472 e. The Morgan fingerprint density at radius 2 is 2.02 bits per heavy atom. The van der Waals surface area contributed by atoms with Crippen LogP contribution in [-0.2, 0) is 0 Å². The minimum atomic E-state index is -2.64. The van der Waals surface area contributed by atoms with Gasteiger partial charge in [-0.15, -0.1) is 6.42 Å². The van der Waals surface area contributed by atoms with Gasteiger partial charge in [-0.2, -0.15) is 9.97 Å². The van der Waals surface area contributed by atoms with Crippen molar-refractivity contribution in [2.24, 2.45) is 5.41 Å². The van der Waals surface area contributed by atoms with Gasteiger partial charge in [0.15, 0.2) is 5.82 Å². The van der Waals surface area contributed by atoms with Crippen molar-refractivity contribution in [1.29, 1.82) is 0 Å². The standard InChI is InChI=1S/C36H34F3N7O2/c1-3-20-6-4-7-21-12-40-13-23(25(20)21)28-27(37)29-26-31(46-14-22-8-9-24(41-22)30(46)19(2)48-32(26)42-28)44-33(43-29)47-18-35-10-5-11-45(35)17-34(15-35)16-36(34,38)39/h1,4,6-7,12-13,19,22,24,30,41H,5,8-11,14-18H2,2H3/t19-,22+,24-,30+,34?,35-/m0/s1. The van der Waals surface area contributed by atoms with Crippen molar-refractivity contribution in [3.05, 3.63) is 42.0 Å². The van der Waals surface area contributed by atoms with Gasteiger partial charge < -0.3 is 19.7 Å². The SMILES string of the molecule is C#Cc1cccc2cncc(-c3nc4c5c(nc(OC[C@@]67CCCN6CC6(CC6(F)F)C7)nc5c3F)N3C[C@H]5CC[C@H](N5)[C@H]3[C@H](C)O4)c12. The fourth-order valence-electron chi connectivity index (χ4n) is 9.72. The summed E-state index contributed by atoms with van der Waals surface area (Å²) >= 11 is 0. The van der Waals surface area contributed by atoms with Crippen molar-refractivity contribution in [3.8, 4) is 35.5 Å². The molecule has 48 heavy (non-hydrogen) atoms. The molecule has 4 aromatic rings. The highest BCUT2D eigenvalue weighted by atomic mass is 19.3. The van der Waals surface area contributed by atoms with Crippen LogP contribution in [0.4, 0.5) is 19.0 Å². The molecule has 1 unspecified atom stereocenters. The number of nitrogens with one attached hydrogen (secondary N) is 1. The van der Waals surface area contributed by atoms with Gasteiger partial charge in [0, 0.05) is 65.9 Å². The van der Waals surface area contributed by atoms with E-state index in [0.29, 0.717) is 47.2 Å². The second-order valence-electron chi connectivity index (χ2n) is 14.8. The maximum Gasteiger partial charge on any atom is 0.319 e. The van der Waals surface area contributed by atoms with Gasteiger partial charge >= 0.3 is 6.01 Å². The predicted molar refractivity (Wildman–Crippen MR) is 173 cm³/mol. The van der Waals surface area contributed by atoms with Crippen LogP contribution in [0.15, 0.2) is 30.6 Å². The number of piperazine rings is 1. The van der Waals surface area contributed by atoms with Crippen LogP contribution in [0.3, 0.4) is 0 Å². The number of halogens is 3. The molecule has 246 valence electrons. The second kappa shape index (κ2) is 9.70. The monoisotopic (exact) mass is 653 g/mol. The minimum absolute atomic E-state index is 0.0174. The molecule has 6 atom stereocenters. The Hall–Kier alpha value is -4.21. The van der Waals surface area contributed by atoms with Crippen LogP contribution < -0.4 is 19.7 Å². The molecule has 5 aliphatic heterocycles. The number of aromatic nitrogens is 4. The second-order valence-corrected chi connectivity index (χ2v) is 14.8. The fraction of sp³-hybridized carbons (Fsp3) is 0.500. The summed E-state index contributed by atoms with van der Waals surface area (Å²) in [6, 6.07) is 5.88. The summed E-state index contributed by atoms with van der Waals surface area (Å²) in [5, 5.41) is 5.53. The van der Waals surface area contributed by atoms with Gasteiger partial charge in [0.2, 0.25) is 5.88 Å². The Bertz CT molecular complexity index is 2080. The molecule has 2 bridgehead atoms. The average molecular weight is 654 g/mol. The molecule has 1 saturated carbocycles. The molecule has 3 aromatic heterocycles. The van der Waals surface area contributed by atoms with Crippen molar-refractivity contribution < 1.29 is 22.6 Å². The van der Waals surface area contributed by atoms with E-state index in [9.17, 15) is 8.78 Å². The maximum atomic E-state index is 17.1. The number of pyridine rings is 2. The van der Waals surface area contributed by atoms with E-state index in [0.717, 1.165) is 37.6 Å². The number of alkyl halides is 2. The molecular weight excluding hydrogens is 619 g/mol. The van der Waals surface area contributed by atoms with E-state index in [-0.39, 0.29) is 60.4 Å². The third kappa shape index (κ3) is 3.88. The zero-order valence-corrected chi connectivity index (χ0v) is 26.5. The number of hydrogen-bond acceptors (Lipinski definition) is 9. The number of nitrogens with zero attached hydrogens (tertiary/aromatic N) is 6. The van der Waals surface area contributed by atoms with Crippen LogP contribution in [0.1, 0.15) is 51.0 Å². The first-order valence-corrected chi connectivity index (χ1v) is 16.9. The van der Waals surface area contributed by atoms with E-state index in [4.69, 9.17) is 30.8 Å². The predicted octanol–water partition coefficient (Wildman–Crippen LogP) is 5.09. The van der Waals surface area contributed by atoms with E-state index in [1.807, 2.05) is 19.1 Å². The number of ether oxygens (including phenoxy) is 2. The van der Waals surface area contributed by atoms with Gasteiger partial charge in [0.25, 0.3) is 5.92 Å². The Balaban J connectivity index is 1.14. The molecular formula is C36H34F3N7O2. The Morgan fingerprint density at radius 1 is 1.15 bits per heavy atom. The fourth-order valence-corrected chi connectivity index (χ4v) is 9.72. The third-order valence-corrected chi connectivity index (χ3v) is 12.0. The average Bonchev–Trinajstić information content (AvgIpc) is 3.39. The van der Waals surface area contributed by atoms with Crippen molar-refractivity contribution in [2.45, 2.75) is 81.1 Å². The van der Waals surface area contributed by atoms with Gasteiger partial charge in [-0.1, -0.05) is 18.1 Å². The third-order valence-electron chi connectivity index (χ3n) is 12.0. The molecule has 0 amide bonds. The molecule has 10 rings (SSSR count). The normalized spacial score (nSPS) is 32.6. The number of hydrogen-bond donors (Lipinski definition) is 1. The van der Waals surface area contributed by atoms with Gasteiger partial charge in [-0.05, 0) is 51.6 Å². The molecule has 1 aromatic carbocycles. The van der Waals surface area contributed by atoms with Crippen LogP contribution in [0.25, 0.3) is 32.9 Å². The summed E-state index contributed by atoms with van der Waals surface area (Å²) in [6.07, 6.45) is 12.8. The molecule has 1 spiro atoms. The molecule has 8 heterocycles. The molecule has 4 saturated heterocycles. The largest absolute Gasteiger partial charge is 0.472 e. The first-order chi connectivity index (χ1) is 23.2. The van der Waals surface area contributed by atoms with Crippen molar-refractivity contribution in [3.63, 3.8) is 0 Å². The van der Waals surface area contributed by atoms with Crippen LogP contribution in [0, 0.1) is 23.6 Å². The summed E-state index contributed by atoms with van der Waals surface area (Å²) in [5.74, 6) is 0.182. The first-order valence-electron chi connectivity index (χ1n) is 16.9. The van der Waals surface area contributed by atoms with Gasteiger partial charge in [0.05, 0.1) is 17.0 Å². The molecule has 6 aliphatic rings. The molecule has 12 heteroatoms. The van der Waals surface area contributed by atoms with Crippen LogP contribution >= 0.6 is 0 Å². The highest BCUT2D eigenvalue weighted by Gasteiger charge is 2.77. The number of rotatable bonds is 4. The van der Waals surface area contributed by atoms with E-state index in [2.05, 4.69) is 26.0 Å². The van der Waals surface area contributed by atoms with E-state index >= 15 is 4.39 Å². The smallest absolute Gasteiger partial charge is 0.319 e. The van der Waals surface area contributed by atoms with Crippen LogP contribution in [0.2, 0.25) is 0 Å². The molecule has 1 N–H and O–H groups in total. The van der Waals surface area contributed by atoms with Crippen molar-refractivity contribution in [1.82, 2.24) is 30.2 Å². The van der Waals surface area contributed by atoms with Crippen molar-refractivity contribution in [2.75, 3.05) is 31.1 Å². The number of fused-ring (bicyclic) bond motifs is 7. The Kier molecular flexibility index (Phi) is 5.81. The first kappa shape index (κ1) is 28.8. The number of benzene rings is 1. The maximum absolute atomic E-state index is 17.1. The lowest BCUT2D eigenvalue weighted by Crippen LogP contribution is -2.62. The van der Waals surface area contributed by atoms with Crippen molar-refractivity contribution >= 4 is 27.5 Å². The summed E-state index contributed by atoms with van der Waals surface area (Å²) in [6.45, 7) is 3.97. The zero-order valence-electron chi connectivity index (χ0n) is 26.5. The van der Waals surface area contributed by atoms with Gasteiger partial charge in [-0.25, -0.2) is 18.2 Å². The lowest BCUT2D eigenvalue weighted by Gasteiger charge is -2.42. The molecule has 0 radical (unpaired) electrons. The van der Waals surface area contributed by atoms with E-state index < -0.39 is 22.7 Å². The van der Waals surface area contributed by atoms with E-state index in [1.54, 1.807) is 18.5 Å². The molecule has 5 fully saturated rings. The highest BCUT2D eigenvalue weighted by Crippen LogP contribution is 2.69. The Morgan fingerprint density at radius 3 is 2.85 bits per heavy atom. The van der Waals surface area contributed by atoms with Crippen LogP contribution in [-0.4, -0.2) is 86.8 Å². The zero-order chi connectivity index (χ0) is 32.6. The van der Waals surface area contributed by atoms with Gasteiger partial charge in [0.1, 0.15) is 35.1 Å². The topological polar surface area (TPSA) is 88.5 Å². The number of terminal acetylenes is 1. The number of anilines is 1. The highest BCUT2D eigenvalue weighted by molar-refractivity contribution is 6.03. The quantitative estimate of drug-likeness (QED) is 0.303. The summed E-state index contributed by atoms with van der Waals surface area (Å²) in [4.78, 5) is 23.2. The summed E-state index contributed by atoms with van der Waals surface area (Å²) in [5.41, 5.74) is -0.420. The molecule has 1 aliphatic carbocycles. The Labute approximate surface area is 275 Å². The lowest BCUT2D eigenvalue weighted by atomic mass is 9.89. The summed E-state index contributed by atoms with van der Waals surface area (Å²) in [7, 11) is 0. The van der Waals surface area contributed by atoms with E-state index in [1.165, 1.54) is 0 Å². The van der Waals surface area contributed by atoms with Gasteiger partial charge in [-0.3, -0.25) is 9.88 Å². The summed E-state index contributed by atoms with van der Waals surface area (Å²) < 4.78 is 59.2.